The SMILES string of the molecule is CC(C)Oc1ncnc(NCC2CN(C)CCO2)c1N. The molecule has 2 heterocycles. The van der Waals surface area contributed by atoms with Crippen molar-refractivity contribution in [3.05, 3.63) is 6.33 Å². The van der Waals surface area contributed by atoms with Crippen molar-refractivity contribution in [1.82, 2.24) is 14.9 Å². The summed E-state index contributed by atoms with van der Waals surface area (Å²) in [6.07, 6.45) is 1.61. The molecule has 1 atom stereocenters. The van der Waals surface area contributed by atoms with Gasteiger partial charge in [-0.25, -0.2) is 4.98 Å². The standard InChI is InChI=1S/C13H23N5O2/c1-9(2)20-13-11(14)12(16-8-17-13)15-6-10-7-18(3)4-5-19-10/h8-10H,4-7,14H2,1-3H3,(H,15,16,17). The molecule has 112 valence electrons. The van der Waals surface area contributed by atoms with Gasteiger partial charge in [0.15, 0.2) is 5.82 Å². The van der Waals surface area contributed by atoms with E-state index < -0.39 is 0 Å². The summed E-state index contributed by atoms with van der Waals surface area (Å²) in [5, 5.41) is 3.21. The van der Waals surface area contributed by atoms with Gasteiger partial charge in [0.25, 0.3) is 0 Å². The van der Waals surface area contributed by atoms with E-state index in [-0.39, 0.29) is 12.2 Å². The van der Waals surface area contributed by atoms with Crippen LogP contribution in [0.5, 0.6) is 5.88 Å². The molecule has 1 unspecified atom stereocenters. The smallest absolute Gasteiger partial charge is 0.242 e. The molecule has 1 aliphatic rings. The van der Waals surface area contributed by atoms with Crippen LogP contribution in [0.2, 0.25) is 0 Å². The normalized spacial score (nSPS) is 20.1. The van der Waals surface area contributed by atoms with Gasteiger partial charge in [-0.1, -0.05) is 0 Å². The number of hydrogen-bond acceptors (Lipinski definition) is 7. The van der Waals surface area contributed by atoms with E-state index in [0.29, 0.717) is 23.9 Å². The average Bonchev–Trinajstić information content (AvgIpc) is 2.39. The van der Waals surface area contributed by atoms with E-state index >= 15 is 0 Å². The average molecular weight is 281 g/mol. The Hall–Kier alpha value is -1.60. The van der Waals surface area contributed by atoms with E-state index in [1.807, 2.05) is 13.8 Å². The Labute approximate surface area is 119 Å². The fourth-order valence-electron chi connectivity index (χ4n) is 2.04. The van der Waals surface area contributed by atoms with Crippen molar-refractivity contribution in [2.75, 3.05) is 44.3 Å². The van der Waals surface area contributed by atoms with Crippen LogP contribution in [0.4, 0.5) is 11.5 Å². The van der Waals surface area contributed by atoms with Crippen molar-refractivity contribution < 1.29 is 9.47 Å². The minimum atomic E-state index is 0.0235. The number of nitrogens with two attached hydrogens (primary N) is 1. The molecule has 1 aromatic heterocycles. The van der Waals surface area contributed by atoms with Gasteiger partial charge in [0.05, 0.1) is 18.8 Å². The first-order chi connectivity index (χ1) is 9.56. The number of nitrogens with one attached hydrogen (secondary N) is 1. The summed E-state index contributed by atoms with van der Waals surface area (Å²) in [5.41, 5.74) is 6.45. The Morgan fingerprint density at radius 2 is 2.35 bits per heavy atom. The first-order valence-electron chi connectivity index (χ1n) is 6.87. The molecule has 1 saturated heterocycles. The zero-order valence-electron chi connectivity index (χ0n) is 12.3. The lowest BCUT2D eigenvalue weighted by atomic mass is 10.3. The van der Waals surface area contributed by atoms with E-state index in [1.165, 1.54) is 6.33 Å². The molecular formula is C13H23N5O2. The summed E-state index contributed by atoms with van der Waals surface area (Å²) in [6.45, 7) is 7.14. The number of nitrogens with zero attached hydrogens (tertiary/aromatic N) is 3. The highest BCUT2D eigenvalue weighted by Crippen LogP contribution is 2.25. The molecule has 0 aromatic carbocycles. The second-order valence-electron chi connectivity index (χ2n) is 5.24. The van der Waals surface area contributed by atoms with Crippen molar-refractivity contribution in [3.63, 3.8) is 0 Å². The van der Waals surface area contributed by atoms with Gasteiger partial charge in [-0.3, -0.25) is 0 Å². The van der Waals surface area contributed by atoms with Crippen molar-refractivity contribution in [1.29, 1.82) is 0 Å². The number of anilines is 2. The van der Waals surface area contributed by atoms with E-state index in [1.54, 1.807) is 0 Å². The molecular weight excluding hydrogens is 258 g/mol. The third kappa shape index (κ3) is 3.94. The van der Waals surface area contributed by atoms with Crippen molar-refractivity contribution in [2.45, 2.75) is 26.1 Å². The summed E-state index contributed by atoms with van der Waals surface area (Å²) in [6, 6.07) is 0. The lowest BCUT2D eigenvalue weighted by Gasteiger charge is -2.30. The number of hydrogen-bond donors (Lipinski definition) is 2. The highest BCUT2D eigenvalue weighted by molar-refractivity contribution is 5.66. The zero-order chi connectivity index (χ0) is 14.5. The quantitative estimate of drug-likeness (QED) is 0.817. The van der Waals surface area contributed by atoms with Crippen molar-refractivity contribution in [3.8, 4) is 5.88 Å². The molecule has 2 rings (SSSR count). The van der Waals surface area contributed by atoms with E-state index in [9.17, 15) is 0 Å². The lowest BCUT2D eigenvalue weighted by Crippen LogP contribution is -2.43. The minimum absolute atomic E-state index is 0.0235. The molecule has 0 spiro atoms. The second kappa shape index (κ2) is 6.71. The molecule has 20 heavy (non-hydrogen) atoms. The Balaban J connectivity index is 1.95. The zero-order valence-corrected chi connectivity index (χ0v) is 12.3. The molecule has 3 N–H and O–H groups in total. The molecule has 0 bridgehead atoms. The van der Waals surface area contributed by atoms with E-state index in [2.05, 4.69) is 27.2 Å². The second-order valence-corrected chi connectivity index (χ2v) is 5.24. The van der Waals surface area contributed by atoms with Crippen molar-refractivity contribution in [2.24, 2.45) is 0 Å². The number of likely N-dealkylation sites (N-methyl/N-ethyl adjacent to an activating group) is 1. The Bertz CT molecular complexity index is 441. The number of rotatable bonds is 5. The number of nitrogen functional groups attached to an aromatic ring is 1. The summed E-state index contributed by atoms with van der Waals surface area (Å²) in [4.78, 5) is 10.4. The first-order valence-corrected chi connectivity index (χ1v) is 6.87. The van der Waals surface area contributed by atoms with Gasteiger partial charge in [-0.15, -0.1) is 0 Å². The van der Waals surface area contributed by atoms with E-state index in [4.69, 9.17) is 15.2 Å². The predicted octanol–water partition coefficient (Wildman–Crippen LogP) is 0.589. The maximum atomic E-state index is 6.01. The molecule has 1 aliphatic heterocycles. The van der Waals surface area contributed by atoms with Gasteiger partial charge in [-0.05, 0) is 20.9 Å². The maximum absolute atomic E-state index is 6.01. The molecule has 0 radical (unpaired) electrons. The van der Waals surface area contributed by atoms with Gasteiger partial charge >= 0.3 is 0 Å². The minimum Gasteiger partial charge on any atom is -0.473 e. The van der Waals surface area contributed by atoms with Crippen LogP contribution in [0.15, 0.2) is 6.33 Å². The third-order valence-corrected chi connectivity index (χ3v) is 3.03. The molecule has 0 aliphatic carbocycles. The molecule has 1 fully saturated rings. The summed E-state index contributed by atoms with van der Waals surface area (Å²) < 4.78 is 11.2. The molecule has 7 nitrogen and oxygen atoms in total. The number of aromatic nitrogens is 2. The van der Waals surface area contributed by atoms with Gasteiger partial charge < -0.3 is 25.4 Å². The fourth-order valence-corrected chi connectivity index (χ4v) is 2.04. The molecule has 0 saturated carbocycles. The predicted molar refractivity (Wildman–Crippen MR) is 77.9 cm³/mol. The summed E-state index contributed by atoms with van der Waals surface area (Å²) in [7, 11) is 2.09. The molecule has 7 heteroatoms. The van der Waals surface area contributed by atoms with Gasteiger partial charge in [0.2, 0.25) is 5.88 Å². The highest BCUT2D eigenvalue weighted by Gasteiger charge is 2.18. The fraction of sp³-hybridized carbons (Fsp3) is 0.692. The van der Waals surface area contributed by atoms with Crippen LogP contribution in [0, 0.1) is 0 Å². The van der Waals surface area contributed by atoms with Crippen LogP contribution < -0.4 is 15.8 Å². The topological polar surface area (TPSA) is 85.5 Å². The first kappa shape index (κ1) is 14.8. The highest BCUT2D eigenvalue weighted by atomic mass is 16.5. The largest absolute Gasteiger partial charge is 0.473 e. The number of morpholine rings is 1. The third-order valence-electron chi connectivity index (χ3n) is 3.03. The Kier molecular flexibility index (Phi) is 4.97. The maximum Gasteiger partial charge on any atom is 0.242 e. The summed E-state index contributed by atoms with van der Waals surface area (Å²) in [5.74, 6) is 1.01. The Morgan fingerprint density at radius 3 is 3.05 bits per heavy atom. The Morgan fingerprint density at radius 1 is 1.55 bits per heavy atom. The molecule has 0 amide bonds. The lowest BCUT2D eigenvalue weighted by molar-refractivity contribution is -0.0117. The summed E-state index contributed by atoms with van der Waals surface area (Å²) >= 11 is 0. The van der Waals surface area contributed by atoms with Gasteiger partial charge in [0.1, 0.15) is 12.0 Å². The van der Waals surface area contributed by atoms with Crippen LogP contribution in [0.1, 0.15) is 13.8 Å². The monoisotopic (exact) mass is 281 g/mol. The van der Waals surface area contributed by atoms with Gasteiger partial charge in [-0.2, -0.15) is 4.98 Å². The van der Waals surface area contributed by atoms with Crippen LogP contribution in [0.25, 0.3) is 0 Å². The van der Waals surface area contributed by atoms with Crippen LogP contribution in [0.3, 0.4) is 0 Å². The number of ether oxygens (including phenoxy) is 2. The molecule has 1 aromatic rings. The van der Waals surface area contributed by atoms with Crippen LogP contribution in [-0.4, -0.2) is 60.4 Å². The van der Waals surface area contributed by atoms with Crippen LogP contribution >= 0.6 is 0 Å². The van der Waals surface area contributed by atoms with E-state index in [0.717, 1.165) is 19.7 Å². The van der Waals surface area contributed by atoms with Gasteiger partial charge in [0, 0.05) is 19.6 Å². The van der Waals surface area contributed by atoms with Crippen LogP contribution in [-0.2, 0) is 4.74 Å². The van der Waals surface area contributed by atoms with Crippen molar-refractivity contribution >= 4 is 11.5 Å².